The molecular weight excluding hydrogens is 385 g/mol. The molecule has 28 heavy (non-hydrogen) atoms. The molecule has 0 aliphatic rings. The summed E-state index contributed by atoms with van der Waals surface area (Å²) in [5.74, 6) is -0.508. The van der Waals surface area contributed by atoms with E-state index in [-0.39, 0.29) is 19.1 Å². The van der Waals surface area contributed by atoms with Crippen LogP contribution in [0, 0.1) is 0 Å². The quantitative estimate of drug-likeness (QED) is 0.344. The van der Waals surface area contributed by atoms with Gasteiger partial charge in [-0.15, -0.1) is 0 Å². The van der Waals surface area contributed by atoms with Gasteiger partial charge in [0, 0.05) is 30.1 Å². The summed E-state index contributed by atoms with van der Waals surface area (Å²) < 4.78 is 19.4. The number of nitrogens with one attached hydrogen (secondary N) is 1. The molecule has 0 radical (unpaired) electrons. The molecule has 0 bridgehead atoms. The van der Waals surface area contributed by atoms with Crippen LogP contribution in [0.25, 0.3) is 0 Å². The van der Waals surface area contributed by atoms with Crippen molar-refractivity contribution in [2.45, 2.75) is 51.7 Å². The summed E-state index contributed by atoms with van der Waals surface area (Å²) in [6, 6.07) is 9.84. The summed E-state index contributed by atoms with van der Waals surface area (Å²) >= 11 is 5.81. The van der Waals surface area contributed by atoms with Gasteiger partial charge in [-0.2, -0.15) is 5.10 Å². The Hall–Kier alpha value is -1.96. The van der Waals surface area contributed by atoms with Crippen LogP contribution in [0.3, 0.4) is 0 Å². The van der Waals surface area contributed by atoms with Crippen LogP contribution in [-0.2, 0) is 16.0 Å². The molecule has 0 spiro atoms. The molecule has 2 aromatic rings. The van der Waals surface area contributed by atoms with Gasteiger partial charge in [0.05, 0.1) is 19.2 Å². The molecule has 156 valence electrons. The number of hydrogen-bond acceptors (Lipinski definition) is 4. The van der Waals surface area contributed by atoms with Gasteiger partial charge in [0.2, 0.25) is 5.91 Å². The first-order chi connectivity index (χ1) is 13.5. The summed E-state index contributed by atoms with van der Waals surface area (Å²) in [5, 5.41) is 13.2. The molecule has 1 amide bonds. The number of carbonyl (C=O) groups is 1. The largest absolute Gasteiger partial charge is 0.378 e. The minimum Gasteiger partial charge on any atom is -0.378 e. The molecule has 1 aromatic heterocycles. The molecule has 1 atom stereocenters. The molecular formula is C20H29ClFN3O3. The van der Waals surface area contributed by atoms with Crippen LogP contribution < -0.4 is 5.48 Å². The Morgan fingerprint density at radius 2 is 2.07 bits per heavy atom. The summed E-state index contributed by atoms with van der Waals surface area (Å²) in [5.41, 5.74) is 2.66. The Kier molecular flexibility index (Phi) is 12.1. The lowest BCUT2D eigenvalue weighted by Gasteiger charge is -2.16. The van der Waals surface area contributed by atoms with Crippen LogP contribution in [0.1, 0.15) is 44.7 Å². The second kappa shape index (κ2) is 14.1. The van der Waals surface area contributed by atoms with Gasteiger partial charge in [0.15, 0.2) is 0 Å². The average molecular weight is 414 g/mol. The third kappa shape index (κ3) is 10.4. The van der Waals surface area contributed by atoms with Gasteiger partial charge in [-0.3, -0.25) is 19.1 Å². The van der Waals surface area contributed by atoms with E-state index in [2.05, 4.69) is 18.9 Å². The van der Waals surface area contributed by atoms with Crippen LogP contribution in [0.5, 0.6) is 0 Å². The fourth-order valence-electron chi connectivity index (χ4n) is 2.37. The van der Waals surface area contributed by atoms with Gasteiger partial charge in [-0.25, -0.2) is 5.48 Å². The average Bonchev–Trinajstić information content (AvgIpc) is 3.23. The van der Waals surface area contributed by atoms with Crippen molar-refractivity contribution in [3.8, 4) is 0 Å². The van der Waals surface area contributed by atoms with Crippen LogP contribution in [0.4, 0.5) is 4.39 Å². The second-order valence-corrected chi connectivity index (χ2v) is 6.96. The number of hydroxylamine groups is 1. The van der Waals surface area contributed by atoms with Crippen molar-refractivity contribution < 1.29 is 19.1 Å². The normalized spacial score (nSPS) is 11.6. The lowest BCUT2D eigenvalue weighted by molar-refractivity contribution is -0.132. The highest BCUT2D eigenvalue weighted by Gasteiger charge is 2.14. The summed E-state index contributed by atoms with van der Waals surface area (Å²) in [6.07, 6.45) is 5.10. The zero-order valence-corrected chi connectivity index (χ0v) is 17.1. The fraction of sp³-hybridized carbons (Fsp3) is 0.500. The van der Waals surface area contributed by atoms with Crippen molar-refractivity contribution in [1.82, 2.24) is 15.3 Å². The third-order valence-electron chi connectivity index (χ3n) is 3.89. The van der Waals surface area contributed by atoms with Gasteiger partial charge in [0.25, 0.3) is 0 Å². The molecule has 0 aliphatic heterocycles. The van der Waals surface area contributed by atoms with Crippen LogP contribution in [-0.4, -0.2) is 40.3 Å². The van der Waals surface area contributed by atoms with E-state index in [9.17, 15) is 9.18 Å². The summed E-state index contributed by atoms with van der Waals surface area (Å²) in [7, 11) is 0. The first-order valence-corrected chi connectivity index (χ1v) is 9.68. The Labute approximate surface area is 170 Å². The van der Waals surface area contributed by atoms with E-state index < -0.39 is 12.6 Å². The molecule has 1 aromatic carbocycles. The maximum absolute atomic E-state index is 12.0. The van der Waals surface area contributed by atoms with Crippen molar-refractivity contribution >= 4 is 17.5 Å². The second-order valence-electron chi connectivity index (χ2n) is 6.52. The molecule has 6 nitrogen and oxygen atoms in total. The maximum atomic E-state index is 12.0. The van der Waals surface area contributed by atoms with Gasteiger partial charge in [0.1, 0.15) is 0 Å². The van der Waals surface area contributed by atoms with Crippen molar-refractivity contribution in [1.29, 1.82) is 0 Å². The van der Waals surface area contributed by atoms with Gasteiger partial charge >= 0.3 is 0 Å². The lowest BCUT2D eigenvalue weighted by atomic mass is 10.0. The number of carbonyl (C=O) groups excluding carboxylic acids is 1. The first-order valence-electron chi connectivity index (χ1n) is 9.30. The SMILES string of the molecule is CC(C)n1cccn1.O=C(CC(CCc1ccc(Cl)cc1)OCCCF)NO. The molecule has 2 rings (SSSR count). The molecule has 0 saturated heterocycles. The minimum atomic E-state index is -0.508. The van der Waals surface area contributed by atoms with Crippen LogP contribution >= 0.6 is 11.6 Å². The minimum absolute atomic E-state index is 0.0520. The highest BCUT2D eigenvalue weighted by Crippen LogP contribution is 2.14. The Morgan fingerprint density at radius 3 is 2.57 bits per heavy atom. The standard InChI is InChI=1S/C14H19ClFNO3.C6H10N2/c15-12-5-2-11(3-6-12)4-7-13(10-14(18)17-19)20-9-1-8-16;1-6(2)8-5-3-4-7-8/h2-3,5-6,13,19H,1,4,7-10H2,(H,17,18);3-6H,1-2H3. The number of aromatic nitrogens is 2. The monoisotopic (exact) mass is 413 g/mol. The van der Waals surface area contributed by atoms with E-state index in [1.165, 1.54) is 0 Å². The van der Waals surface area contributed by atoms with Crippen molar-refractivity contribution in [2.24, 2.45) is 0 Å². The van der Waals surface area contributed by atoms with E-state index in [1.807, 2.05) is 29.1 Å². The molecule has 0 fully saturated rings. The lowest BCUT2D eigenvalue weighted by Crippen LogP contribution is -2.27. The zero-order valence-electron chi connectivity index (χ0n) is 16.4. The molecule has 8 heteroatoms. The van der Waals surface area contributed by atoms with E-state index in [1.54, 1.807) is 23.8 Å². The van der Waals surface area contributed by atoms with Gasteiger partial charge in [-0.1, -0.05) is 23.7 Å². The number of benzene rings is 1. The summed E-state index contributed by atoms with van der Waals surface area (Å²) in [4.78, 5) is 11.2. The van der Waals surface area contributed by atoms with Crippen LogP contribution in [0.15, 0.2) is 42.7 Å². The molecule has 1 unspecified atom stereocenters. The van der Waals surface area contributed by atoms with Crippen LogP contribution in [0.2, 0.25) is 5.02 Å². The predicted molar refractivity (Wildman–Crippen MR) is 107 cm³/mol. The summed E-state index contributed by atoms with van der Waals surface area (Å²) in [6.45, 7) is 4.02. The highest BCUT2D eigenvalue weighted by molar-refractivity contribution is 6.30. The Bertz CT molecular complexity index is 651. The van der Waals surface area contributed by atoms with E-state index in [0.29, 0.717) is 23.9 Å². The molecule has 2 N–H and O–H groups in total. The third-order valence-corrected chi connectivity index (χ3v) is 4.14. The zero-order chi connectivity index (χ0) is 20.8. The number of hydrogen-bond donors (Lipinski definition) is 2. The number of amides is 1. The molecule has 1 heterocycles. The maximum Gasteiger partial charge on any atom is 0.245 e. The van der Waals surface area contributed by atoms with E-state index in [4.69, 9.17) is 21.5 Å². The molecule has 0 saturated carbocycles. The highest BCUT2D eigenvalue weighted by atomic mass is 35.5. The molecule has 0 aliphatic carbocycles. The number of alkyl halides is 1. The van der Waals surface area contributed by atoms with E-state index >= 15 is 0 Å². The number of nitrogens with zero attached hydrogens (tertiary/aromatic N) is 2. The number of rotatable bonds is 10. The predicted octanol–water partition coefficient (Wildman–Crippen LogP) is 4.38. The van der Waals surface area contributed by atoms with E-state index in [0.717, 1.165) is 12.0 Å². The van der Waals surface area contributed by atoms with Crippen molar-refractivity contribution in [2.75, 3.05) is 13.3 Å². The number of ether oxygens (including phenoxy) is 1. The topological polar surface area (TPSA) is 76.4 Å². The van der Waals surface area contributed by atoms with Crippen molar-refractivity contribution in [3.63, 3.8) is 0 Å². The fourth-order valence-corrected chi connectivity index (χ4v) is 2.49. The van der Waals surface area contributed by atoms with Gasteiger partial charge < -0.3 is 4.74 Å². The van der Waals surface area contributed by atoms with Crippen molar-refractivity contribution in [3.05, 3.63) is 53.3 Å². The number of halogens is 2. The Morgan fingerprint density at radius 1 is 1.36 bits per heavy atom. The smallest absolute Gasteiger partial charge is 0.245 e. The Balaban J connectivity index is 0.000000406. The van der Waals surface area contributed by atoms with Gasteiger partial charge in [-0.05, 0) is 56.9 Å². The first kappa shape index (κ1) is 24.1. The number of aryl methyl sites for hydroxylation is 1.